The third-order valence-electron chi connectivity index (χ3n) is 3.83. The Hall–Kier alpha value is -0.910. The minimum atomic E-state index is -0.168. The molecular weight excluding hydrogens is 306 g/mol. The lowest BCUT2D eigenvalue weighted by atomic mass is 10.2. The molecule has 1 aliphatic rings. The van der Waals surface area contributed by atoms with Crippen molar-refractivity contribution >= 4 is 40.6 Å². The molecule has 116 valence electrons. The number of amides is 1. The summed E-state index contributed by atoms with van der Waals surface area (Å²) in [5.41, 5.74) is 6.98. The van der Waals surface area contributed by atoms with Crippen molar-refractivity contribution in [2.45, 2.75) is 31.6 Å². The van der Waals surface area contributed by atoms with Crippen LogP contribution in [0.4, 0.5) is 11.4 Å². The van der Waals surface area contributed by atoms with Gasteiger partial charge in [-0.05, 0) is 31.5 Å². The lowest BCUT2D eigenvalue weighted by Crippen LogP contribution is -2.48. The van der Waals surface area contributed by atoms with E-state index in [4.69, 9.17) is 17.3 Å². The molecule has 0 radical (unpaired) electrons. The summed E-state index contributed by atoms with van der Waals surface area (Å²) >= 11 is 7.94. The van der Waals surface area contributed by atoms with Gasteiger partial charge in [0.05, 0.1) is 17.4 Å². The second kappa shape index (κ2) is 7.38. The second-order valence-electron chi connectivity index (χ2n) is 5.29. The maximum absolute atomic E-state index is 12.4. The highest BCUT2D eigenvalue weighted by Crippen LogP contribution is 2.25. The van der Waals surface area contributed by atoms with Crippen LogP contribution < -0.4 is 11.1 Å². The minimum Gasteiger partial charge on any atom is -0.397 e. The molecule has 1 aromatic rings. The maximum atomic E-state index is 12.4. The highest BCUT2D eigenvalue weighted by atomic mass is 35.5. The van der Waals surface area contributed by atoms with Gasteiger partial charge < -0.3 is 11.1 Å². The molecule has 6 heteroatoms. The normalized spacial score (nSPS) is 21.0. The van der Waals surface area contributed by atoms with E-state index in [1.165, 1.54) is 0 Å². The average molecular weight is 328 g/mol. The van der Waals surface area contributed by atoms with Gasteiger partial charge in [0.2, 0.25) is 5.91 Å². The van der Waals surface area contributed by atoms with Crippen molar-refractivity contribution in [1.29, 1.82) is 0 Å². The Morgan fingerprint density at radius 3 is 3.10 bits per heavy atom. The molecule has 21 heavy (non-hydrogen) atoms. The first-order chi connectivity index (χ1) is 10.0. The molecular formula is C15H22ClN3OS. The Bertz CT molecular complexity index is 512. The number of carbonyl (C=O) groups excluding carboxylic acids is 1. The van der Waals surface area contributed by atoms with Gasteiger partial charge in [0.25, 0.3) is 0 Å². The van der Waals surface area contributed by atoms with E-state index in [9.17, 15) is 4.79 Å². The first-order valence-corrected chi connectivity index (χ1v) is 8.65. The van der Waals surface area contributed by atoms with Gasteiger partial charge in [0.1, 0.15) is 0 Å². The molecule has 2 atom stereocenters. The number of nitrogens with two attached hydrogens (primary N) is 1. The van der Waals surface area contributed by atoms with Crippen molar-refractivity contribution in [3.8, 4) is 0 Å². The predicted octanol–water partition coefficient (Wildman–Crippen LogP) is 3.08. The number of anilines is 2. The molecule has 2 unspecified atom stereocenters. The molecule has 1 amide bonds. The van der Waals surface area contributed by atoms with E-state index in [0.717, 1.165) is 25.3 Å². The first-order valence-electron chi connectivity index (χ1n) is 7.22. The number of halogens is 1. The van der Waals surface area contributed by atoms with Crippen LogP contribution in [-0.4, -0.2) is 40.9 Å². The van der Waals surface area contributed by atoms with Crippen molar-refractivity contribution < 1.29 is 4.79 Å². The van der Waals surface area contributed by atoms with Crippen molar-refractivity contribution in [3.63, 3.8) is 0 Å². The van der Waals surface area contributed by atoms with Crippen LogP contribution in [0, 0.1) is 0 Å². The number of nitrogens with zero attached hydrogens (tertiary/aromatic N) is 1. The van der Waals surface area contributed by atoms with Crippen molar-refractivity contribution in [1.82, 2.24) is 4.90 Å². The van der Waals surface area contributed by atoms with E-state index < -0.39 is 0 Å². The highest BCUT2D eigenvalue weighted by Gasteiger charge is 2.27. The van der Waals surface area contributed by atoms with Crippen LogP contribution in [0.25, 0.3) is 0 Å². The van der Waals surface area contributed by atoms with Gasteiger partial charge in [-0.1, -0.05) is 18.5 Å². The summed E-state index contributed by atoms with van der Waals surface area (Å²) in [4.78, 5) is 14.6. The first kappa shape index (κ1) is 16.5. The third-order valence-corrected chi connectivity index (χ3v) is 5.43. The number of nitrogens with one attached hydrogen (secondary N) is 1. The van der Waals surface area contributed by atoms with E-state index in [0.29, 0.717) is 21.6 Å². The van der Waals surface area contributed by atoms with Crippen molar-refractivity contribution in [3.05, 3.63) is 23.2 Å². The summed E-state index contributed by atoms with van der Waals surface area (Å²) in [6.45, 7) is 6.04. The fraction of sp³-hybridized carbons (Fsp3) is 0.533. The van der Waals surface area contributed by atoms with Crippen LogP contribution in [0.3, 0.4) is 0 Å². The van der Waals surface area contributed by atoms with Gasteiger partial charge >= 0.3 is 0 Å². The Balaban J connectivity index is 2.00. The monoisotopic (exact) mass is 327 g/mol. The van der Waals surface area contributed by atoms with E-state index in [-0.39, 0.29) is 11.9 Å². The molecule has 0 spiro atoms. The van der Waals surface area contributed by atoms with Gasteiger partial charge in [-0.15, -0.1) is 0 Å². The summed E-state index contributed by atoms with van der Waals surface area (Å²) in [6, 6.07) is 4.93. The summed E-state index contributed by atoms with van der Waals surface area (Å²) in [7, 11) is 0. The average Bonchev–Trinajstić information content (AvgIpc) is 2.50. The summed E-state index contributed by atoms with van der Waals surface area (Å²) in [5.74, 6) is 1.04. The van der Waals surface area contributed by atoms with Crippen LogP contribution in [0.15, 0.2) is 18.2 Å². The number of nitrogen functional groups attached to an aromatic ring is 1. The number of thioether (sulfide) groups is 1. The van der Waals surface area contributed by atoms with Gasteiger partial charge in [-0.3, -0.25) is 9.69 Å². The number of rotatable bonds is 4. The topological polar surface area (TPSA) is 58.4 Å². The van der Waals surface area contributed by atoms with Crippen LogP contribution in [0.5, 0.6) is 0 Å². The number of hydrogen-bond donors (Lipinski definition) is 2. The highest BCUT2D eigenvalue weighted by molar-refractivity contribution is 8.00. The van der Waals surface area contributed by atoms with Gasteiger partial charge in [0.15, 0.2) is 0 Å². The molecule has 0 bridgehead atoms. The quantitative estimate of drug-likeness (QED) is 0.834. The van der Waals surface area contributed by atoms with E-state index in [2.05, 4.69) is 17.1 Å². The van der Waals surface area contributed by atoms with Gasteiger partial charge in [-0.25, -0.2) is 0 Å². The minimum absolute atomic E-state index is 0.0364. The summed E-state index contributed by atoms with van der Waals surface area (Å²) < 4.78 is 0. The van der Waals surface area contributed by atoms with Crippen LogP contribution in [0.2, 0.25) is 5.02 Å². The maximum Gasteiger partial charge on any atom is 0.241 e. The number of carbonyl (C=O) groups is 1. The zero-order valence-corrected chi connectivity index (χ0v) is 14.0. The molecule has 4 nitrogen and oxygen atoms in total. The second-order valence-corrected chi connectivity index (χ2v) is 7.14. The molecule has 1 heterocycles. The molecule has 3 N–H and O–H groups in total. The van der Waals surface area contributed by atoms with E-state index in [1.54, 1.807) is 18.2 Å². The smallest absolute Gasteiger partial charge is 0.241 e. The lowest BCUT2D eigenvalue weighted by molar-refractivity contribution is -0.120. The van der Waals surface area contributed by atoms with Gasteiger partial charge in [0, 0.05) is 29.1 Å². The molecule has 1 fully saturated rings. The Morgan fingerprint density at radius 1 is 1.62 bits per heavy atom. The summed E-state index contributed by atoms with van der Waals surface area (Å²) in [5, 5.41) is 4.06. The molecule has 0 aliphatic carbocycles. The number of hydrogen-bond acceptors (Lipinski definition) is 4. The molecule has 0 aromatic heterocycles. The molecule has 2 rings (SSSR count). The molecule has 1 aliphatic heterocycles. The summed E-state index contributed by atoms with van der Waals surface area (Å²) in [6.07, 6.45) is 1.14. The lowest BCUT2D eigenvalue weighted by Gasteiger charge is -2.35. The predicted molar refractivity (Wildman–Crippen MR) is 92.1 cm³/mol. The fourth-order valence-electron chi connectivity index (χ4n) is 2.38. The zero-order valence-electron chi connectivity index (χ0n) is 12.4. The SMILES string of the molecule is CCC1CN(C(C)C(=O)Nc2cc(Cl)ccc2N)CCS1. The standard InChI is InChI=1S/C15H22ClN3OS/c1-3-12-9-19(6-7-21-12)10(2)15(20)18-14-8-11(16)4-5-13(14)17/h4-5,8,10,12H,3,6-7,9,17H2,1-2H3,(H,18,20). The van der Waals surface area contributed by atoms with E-state index >= 15 is 0 Å². The number of benzene rings is 1. The fourth-order valence-corrected chi connectivity index (χ4v) is 3.76. The van der Waals surface area contributed by atoms with Gasteiger partial charge in [-0.2, -0.15) is 11.8 Å². The Kier molecular flexibility index (Phi) is 5.79. The third kappa shape index (κ3) is 4.28. The van der Waals surface area contributed by atoms with Crippen LogP contribution in [-0.2, 0) is 4.79 Å². The Morgan fingerprint density at radius 2 is 2.38 bits per heavy atom. The molecule has 1 saturated heterocycles. The van der Waals surface area contributed by atoms with E-state index in [1.807, 2.05) is 18.7 Å². The van der Waals surface area contributed by atoms with Crippen molar-refractivity contribution in [2.24, 2.45) is 0 Å². The van der Waals surface area contributed by atoms with Crippen LogP contribution >= 0.6 is 23.4 Å². The zero-order chi connectivity index (χ0) is 15.4. The Labute approximate surface area is 135 Å². The molecule has 1 aromatic carbocycles. The molecule has 0 saturated carbocycles. The largest absolute Gasteiger partial charge is 0.397 e. The van der Waals surface area contributed by atoms with Crippen LogP contribution in [0.1, 0.15) is 20.3 Å². The van der Waals surface area contributed by atoms with Crippen molar-refractivity contribution in [2.75, 3.05) is 29.9 Å².